The van der Waals surface area contributed by atoms with Gasteiger partial charge in [0, 0.05) is 20.0 Å². The molecule has 1 aromatic rings. The average molecular weight is 282 g/mol. The zero-order chi connectivity index (χ0) is 14.8. The van der Waals surface area contributed by atoms with E-state index in [-0.39, 0.29) is 12.5 Å². The number of aliphatic carboxylic acids is 1. The highest BCUT2D eigenvalue weighted by atomic mass is 16.4. The van der Waals surface area contributed by atoms with Crippen LogP contribution in [0, 0.1) is 0 Å². The first-order valence-electron chi connectivity index (χ1n) is 6.82. The second-order valence-corrected chi connectivity index (χ2v) is 4.73. The number of nitrogens with one attached hydrogen (secondary N) is 1. The maximum absolute atomic E-state index is 11.7. The predicted molar refractivity (Wildman–Crippen MR) is 74.3 cm³/mol. The molecule has 0 unspecified atom stereocenters. The number of urea groups is 1. The summed E-state index contributed by atoms with van der Waals surface area (Å²) in [5.41, 5.74) is 0. The van der Waals surface area contributed by atoms with Crippen molar-refractivity contribution in [1.82, 2.24) is 10.2 Å². The van der Waals surface area contributed by atoms with Gasteiger partial charge in [0.15, 0.2) is 0 Å². The summed E-state index contributed by atoms with van der Waals surface area (Å²) in [6.45, 7) is 1.05. The molecule has 1 heterocycles. The Labute approximate surface area is 118 Å². The molecule has 1 rings (SSSR count). The number of furan rings is 1. The maximum Gasteiger partial charge on any atom is 0.317 e. The van der Waals surface area contributed by atoms with Gasteiger partial charge in [0.25, 0.3) is 0 Å². The molecule has 0 aliphatic rings. The number of carbonyl (C=O) groups is 2. The molecule has 0 fully saturated rings. The Morgan fingerprint density at radius 3 is 2.70 bits per heavy atom. The summed E-state index contributed by atoms with van der Waals surface area (Å²) >= 11 is 0. The van der Waals surface area contributed by atoms with E-state index in [1.54, 1.807) is 24.3 Å². The van der Waals surface area contributed by atoms with Crippen molar-refractivity contribution >= 4 is 12.0 Å². The second kappa shape index (κ2) is 9.01. The molecule has 112 valence electrons. The van der Waals surface area contributed by atoms with Crippen molar-refractivity contribution in [1.29, 1.82) is 0 Å². The normalized spacial score (nSPS) is 10.2. The van der Waals surface area contributed by atoms with Crippen LogP contribution in [0.3, 0.4) is 0 Å². The molecule has 0 spiro atoms. The highest BCUT2D eigenvalue weighted by Gasteiger charge is 2.09. The Kier molecular flexibility index (Phi) is 7.24. The lowest BCUT2D eigenvalue weighted by Crippen LogP contribution is -2.37. The van der Waals surface area contributed by atoms with Crippen molar-refractivity contribution < 1.29 is 19.1 Å². The number of amides is 2. The van der Waals surface area contributed by atoms with Gasteiger partial charge in [-0.15, -0.1) is 0 Å². The molecule has 0 saturated heterocycles. The monoisotopic (exact) mass is 282 g/mol. The van der Waals surface area contributed by atoms with Crippen LogP contribution in [-0.2, 0) is 11.3 Å². The number of carboxylic acids is 1. The fourth-order valence-electron chi connectivity index (χ4n) is 1.79. The van der Waals surface area contributed by atoms with Crippen LogP contribution in [0.4, 0.5) is 4.79 Å². The van der Waals surface area contributed by atoms with E-state index in [1.165, 1.54) is 0 Å². The van der Waals surface area contributed by atoms with E-state index in [1.807, 2.05) is 6.07 Å². The summed E-state index contributed by atoms with van der Waals surface area (Å²) < 4.78 is 5.17. The van der Waals surface area contributed by atoms with Crippen LogP contribution in [0.5, 0.6) is 0 Å². The first-order chi connectivity index (χ1) is 9.59. The van der Waals surface area contributed by atoms with E-state index in [2.05, 4.69) is 5.32 Å². The zero-order valence-electron chi connectivity index (χ0n) is 11.8. The molecule has 0 aliphatic carbocycles. The predicted octanol–water partition coefficient (Wildman–Crippen LogP) is 2.46. The van der Waals surface area contributed by atoms with E-state index >= 15 is 0 Å². The second-order valence-electron chi connectivity index (χ2n) is 4.73. The quantitative estimate of drug-likeness (QED) is 0.681. The van der Waals surface area contributed by atoms with Gasteiger partial charge in [0.2, 0.25) is 0 Å². The molecule has 0 atom stereocenters. The van der Waals surface area contributed by atoms with E-state index < -0.39 is 5.97 Å². The minimum Gasteiger partial charge on any atom is -0.481 e. The van der Waals surface area contributed by atoms with Gasteiger partial charge in [0.05, 0.1) is 12.8 Å². The number of rotatable bonds is 9. The number of unbranched alkanes of at least 4 members (excludes halogenated alkanes) is 3. The van der Waals surface area contributed by atoms with Gasteiger partial charge in [0.1, 0.15) is 5.76 Å². The Balaban J connectivity index is 2.03. The van der Waals surface area contributed by atoms with Crippen molar-refractivity contribution in [3.05, 3.63) is 24.2 Å². The van der Waals surface area contributed by atoms with Gasteiger partial charge < -0.3 is 19.7 Å². The number of hydrogen-bond acceptors (Lipinski definition) is 3. The SMILES string of the molecule is CN(Cc1ccco1)C(=O)NCCCCCCC(=O)O. The van der Waals surface area contributed by atoms with Crippen LogP contribution in [0.1, 0.15) is 37.9 Å². The van der Waals surface area contributed by atoms with Crippen LogP contribution in [-0.4, -0.2) is 35.6 Å². The van der Waals surface area contributed by atoms with Crippen LogP contribution >= 0.6 is 0 Å². The lowest BCUT2D eigenvalue weighted by molar-refractivity contribution is -0.137. The topological polar surface area (TPSA) is 82.8 Å². The smallest absolute Gasteiger partial charge is 0.317 e. The fourth-order valence-corrected chi connectivity index (χ4v) is 1.79. The Hall–Kier alpha value is -1.98. The van der Waals surface area contributed by atoms with E-state index in [0.717, 1.165) is 25.0 Å². The zero-order valence-corrected chi connectivity index (χ0v) is 11.8. The van der Waals surface area contributed by atoms with Crippen LogP contribution in [0.2, 0.25) is 0 Å². The Morgan fingerprint density at radius 2 is 2.05 bits per heavy atom. The van der Waals surface area contributed by atoms with Crippen LogP contribution < -0.4 is 5.32 Å². The molecule has 6 nitrogen and oxygen atoms in total. The molecule has 0 saturated carbocycles. The third-order valence-corrected chi connectivity index (χ3v) is 2.91. The van der Waals surface area contributed by atoms with E-state index in [9.17, 15) is 9.59 Å². The highest BCUT2D eigenvalue weighted by molar-refractivity contribution is 5.73. The molecule has 1 aromatic heterocycles. The van der Waals surface area contributed by atoms with Gasteiger partial charge in [-0.3, -0.25) is 4.79 Å². The Bertz CT molecular complexity index is 403. The largest absolute Gasteiger partial charge is 0.481 e. The van der Waals surface area contributed by atoms with Crippen LogP contribution in [0.25, 0.3) is 0 Å². The molecule has 0 radical (unpaired) electrons. The van der Waals surface area contributed by atoms with Gasteiger partial charge in [-0.25, -0.2) is 4.79 Å². The molecule has 0 aliphatic heterocycles. The Morgan fingerprint density at radius 1 is 1.30 bits per heavy atom. The third kappa shape index (κ3) is 6.82. The van der Waals surface area contributed by atoms with Gasteiger partial charge in [-0.2, -0.15) is 0 Å². The molecule has 20 heavy (non-hydrogen) atoms. The first-order valence-corrected chi connectivity index (χ1v) is 6.82. The lowest BCUT2D eigenvalue weighted by Gasteiger charge is -2.16. The standard InChI is InChI=1S/C14H22N2O4/c1-16(11-12-7-6-10-20-12)14(19)15-9-5-3-2-4-8-13(17)18/h6-7,10H,2-5,8-9,11H2,1H3,(H,15,19)(H,17,18). The summed E-state index contributed by atoms with van der Waals surface area (Å²) in [5, 5.41) is 11.3. The van der Waals surface area contributed by atoms with Crippen molar-refractivity contribution in [2.45, 2.75) is 38.6 Å². The van der Waals surface area contributed by atoms with Crippen molar-refractivity contribution in [3.8, 4) is 0 Å². The summed E-state index contributed by atoms with van der Waals surface area (Å²) in [6.07, 6.45) is 5.16. The lowest BCUT2D eigenvalue weighted by atomic mass is 10.1. The summed E-state index contributed by atoms with van der Waals surface area (Å²) in [7, 11) is 1.71. The third-order valence-electron chi connectivity index (χ3n) is 2.91. The van der Waals surface area contributed by atoms with E-state index in [0.29, 0.717) is 19.5 Å². The number of hydrogen-bond donors (Lipinski definition) is 2. The number of nitrogens with zero attached hydrogens (tertiary/aromatic N) is 1. The fraction of sp³-hybridized carbons (Fsp3) is 0.571. The van der Waals surface area contributed by atoms with Gasteiger partial charge >= 0.3 is 12.0 Å². The first kappa shape index (κ1) is 16.1. The minimum absolute atomic E-state index is 0.132. The molecule has 0 aromatic carbocycles. The molecular weight excluding hydrogens is 260 g/mol. The molecular formula is C14H22N2O4. The minimum atomic E-state index is -0.752. The van der Waals surface area contributed by atoms with Crippen molar-refractivity contribution in [2.75, 3.05) is 13.6 Å². The van der Waals surface area contributed by atoms with Gasteiger partial charge in [-0.1, -0.05) is 12.8 Å². The van der Waals surface area contributed by atoms with Gasteiger partial charge in [-0.05, 0) is 25.0 Å². The molecule has 6 heteroatoms. The molecule has 2 N–H and O–H groups in total. The summed E-state index contributed by atoms with van der Waals surface area (Å²) in [5.74, 6) is -0.00539. The van der Waals surface area contributed by atoms with Crippen molar-refractivity contribution in [3.63, 3.8) is 0 Å². The highest BCUT2D eigenvalue weighted by Crippen LogP contribution is 2.04. The molecule has 2 amide bonds. The summed E-state index contributed by atoms with van der Waals surface area (Å²) in [4.78, 5) is 23.6. The summed E-state index contributed by atoms with van der Waals surface area (Å²) in [6, 6.07) is 3.48. The van der Waals surface area contributed by atoms with E-state index in [4.69, 9.17) is 9.52 Å². The average Bonchev–Trinajstić information content (AvgIpc) is 2.89. The number of carboxylic acid groups (broad SMARTS) is 1. The maximum atomic E-state index is 11.7. The van der Waals surface area contributed by atoms with Crippen molar-refractivity contribution in [2.24, 2.45) is 0 Å². The van der Waals surface area contributed by atoms with Crippen LogP contribution in [0.15, 0.2) is 22.8 Å². The molecule has 0 bridgehead atoms. The number of carbonyl (C=O) groups excluding carboxylic acids is 1.